The molecular formula is C11H10ClN3O3. The van der Waals surface area contributed by atoms with Gasteiger partial charge >= 0.3 is 5.97 Å². The summed E-state index contributed by atoms with van der Waals surface area (Å²) in [4.78, 5) is 34.0. The van der Waals surface area contributed by atoms with Crippen LogP contribution in [0.3, 0.4) is 0 Å². The summed E-state index contributed by atoms with van der Waals surface area (Å²) in [6.45, 7) is 3.40. The van der Waals surface area contributed by atoms with Crippen LogP contribution in [0.15, 0.2) is 17.2 Å². The maximum absolute atomic E-state index is 12.0. The number of halogens is 1. The summed E-state index contributed by atoms with van der Waals surface area (Å²) >= 11 is 5.62. The van der Waals surface area contributed by atoms with Crippen LogP contribution in [0, 0.1) is 0 Å². The largest absolute Gasteiger partial charge is 0.459 e. The topological polar surface area (TPSA) is 84.9 Å². The van der Waals surface area contributed by atoms with E-state index in [4.69, 9.17) is 16.3 Å². The minimum Gasteiger partial charge on any atom is -0.459 e. The van der Waals surface area contributed by atoms with E-state index in [1.54, 1.807) is 13.8 Å². The van der Waals surface area contributed by atoms with Gasteiger partial charge in [-0.15, -0.1) is 0 Å². The van der Waals surface area contributed by atoms with Gasteiger partial charge in [-0.1, -0.05) is 0 Å². The van der Waals surface area contributed by atoms with Crippen molar-refractivity contribution in [3.63, 3.8) is 0 Å². The summed E-state index contributed by atoms with van der Waals surface area (Å²) in [7, 11) is 0. The fraction of sp³-hybridized carbons (Fsp3) is 0.273. The minimum absolute atomic E-state index is 0.0534. The number of fused-ring (bicyclic) bond motifs is 1. The summed E-state index contributed by atoms with van der Waals surface area (Å²) in [5.41, 5.74) is -0.164. The smallest absolute Gasteiger partial charge is 0.343 e. The van der Waals surface area contributed by atoms with Gasteiger partial charge in [0.05, 0.1) is 17.8 Å². The maximum atomic E-state index is 12.0. The average molecular weight is 268 g/mol. The van der Waals surface area contributed by atoms with Gasteiger partial charge in [-0.3, -0.25) is 4.79 Å². The Morgan fingerprint density at radius 2 is 2.22 bits per heavy atom. The zero-order valence-electron chi connectivity index (χ0n) is 9.73. The van der Waals surface area contributed by atoms with Crippen LogP contribution in [0.5, 0.6) is 0 Å². The molecule has 0 saturated heterocycles. The molecule has 0 amide bonds. The number of pyridine rings is 1. The molecule has 0 aromatic carbocycles. The number of hydrogen-bond donors (Lipinski definition) is 1. The quantitative estimate of drug-likeness (QED) is 0.659. The van der Waals surface area contributed by atoms with Crippen LogP contribution in [0.4, 0.5) is 0 Å². The number of nitrogens with zero attached hydrogens (tertiary/aromatic N) is 2. The third-order valence-electron chi connectivity index (χ3n) is 2.15. The Labute approximate surface area is 107 Å². The molecule has 2 heterocycles. The molecule has 2 aromatic heterocycles. The highest BCUT2D eigenvalue weighted by Crippen LogP contribution is 2.08. The Balaban J connectivity index is 2.57. The van der Waals surface area contributed by atoms with E-state index in [9.17, 15) is 9.59 Å². The van der Waals surface area contributed by atoms with Gasteiger partial charge in [0, 0.05) is 6.20 Å². The highest BCUT2D eigenvalue weighted by molar-refractivity contribution is 6.28. The Kier molecular flexibility index (Phi) is 3.29. The molecule has 0 radical (unpaired) electrons. The van der Waals surface area contributed by atoms with Gasteiger partial charge in [0.2, 0.25) is 10.7 Å². The summed E-state index contributed by atoms with van der Waals surface area (Å²) in [5, 5.41) is -0.0534. The molecule has 1 N–H and O–H groups in total. The summed E-state index contributed by atoms with van der Waals surface area (Å²) in [6, 6.07) is 0. The van der Waals surface area contributed by atoms with Crippen molar-refractivity contribution in [1.82, 2.24) is 15.0 Å². The second-order valence-electron chi connectivity index (χ2n) is 3.89. The summed E-state index contributed by atoms with van der Waals surface area (Å²) in [5.74, 6) is -0.692. The Morgan fingerprint density at radius 3 is 2.89 bits per heavy atom. The molecule has 0 spiro atoms. The van der Waals surface area contributed by atoms with Crippen molar-refractivity contribution < 1.29 is 9.53 Å². The monoisotopic (exact) mass is 267 g/mol. The molecule has 0 unspecified atom stereocenters. The van der Waals surface area contributed by atoms with Crippen molar-refractivity contribution in [3.05, 3.63) is 33.5 Å². The van der Waals surface area contributed by atoms with Crippen molar-refractivity contribution in [2.75, 3.05) is 0 Å². The molecule has 7 heteroatoms. The second kappa shape index (κ2) is 4.73. The minimum atomic E-state index is -0.692. The lowest BCUT2D eigenvalue weighted by atomic mass is 10.2. The van der Waals surface area contributed by atoms with E-state index in [0.29, 0.717) is 5.52 Å². The molecule has 18 heavy (non-hydrogen) atoms. The Hall–Kier alpha value is -1.95. The molecule has 0 aliphatic heterocycles. The molecule has 94 valence electrons. The number of H-pyrrole nitrogens is 1. The van der Waals surface area contributed by atoms with E-state index in [1.807, 2.05) is 0 Å². The van der Waals surface area contributed by atoms with Crippen molar-refractivity contribution in [2.45, 2.75) is 20.0 Å². The number of nitrogens with one attached hydrogen (secondary N) is 1. The van der Waals surface area contributed by atoms with Crippen molar-refractivity contribution in [1.29, 1.82) is 0 Å². The Morgan fingerprint density at radius 1 is 1.50 bits per heavy atom. The van der Waals surface area contributed by atoms with Gasteiger partial charge in [-0.05, 0) is 25.4 Å². The van der Waals surface area contributed by atoms with Crippen molar-refractivity contribution in [3.8, 4) is 0 Å². The molecule has 0 bridgehead atoms. The zero-order valence-corrected chi connectivity index (χ0v) is 10.5. The molecule has 0 atom stereocenters. The van der Waals surface area contributed by atoms with E-state index >= 15 is 0 Å². The predicted octanol–water partition coefficient (Wildman–Crippen LogP) is 1.54. The number of aromatic nitrogens is 3. The van der Waals surface area contributed by atoms with Crippen LogP contribution in [0.2, 0.25) is 5.28 Å². The van der Waals surface area contributed by atoms with Gasteiger partial charge < -0.3 is 9.72 Å². The fourth-order valence-corrected chi connectivity index (χ4v) is 1.54. The summed E-state index contributed by atoms with van der Waals surface area (Å²) < 4.78 is 4.96. The van der Waals surface area contributed by atoms with Gasteiger partial charge in [0.25, 0.3) is 0 Å². The molecule has 0 saturated carbocycles. The third-order valence-corrected chi connectivity index (χ3v) is 2.34. The van der Waals surface area contributed by atoms with E-state index < -0.39 is 11.4 Å². The lowest BCUT2D eigenvalue weighted by molar-refractivity contribution is 0.0376. The molecule has 0 aliphatic rings. The van der Waals surface area contributed by atoms with Gasteiger partial charge in [-0.25, -0.2) is 14.8 Å². The summed E-state index contributed by atoms with van der Waals surface area (Å²) in [6.07, 6.45) is 2.36. The SMILES string of the molecule is CC(C)OC(=O)c1c[nH]c2cnc(Cl)nc2c1=O. The van der Waals surface area contributed by atoms with Gasteiger partial charge in [0.15, 0.2) is 0 Å². The number of hydrogen-bond acceptors (Lipinski definition) is 5. The number of esters is 1. The molecular weight excluding hydrogens is 258 g/mol. The van der Waals surface area contributed by atoms with Gasteiger partial charge in [-0.2, -0.15) is 0 Å². The predicted molar refractivity (Wildman–Crippen MR) is 65.7 cm³/mol. The Bertz CT molecular complexity index is 666. The molecule has 2 rings (SSSR count). The first-order valence-electron chi connectivity index (χ1n) is 5.24. The number of carbonyl (C=O) groups excluding carboxylic acids is 1. The molecule has 2 aromatic rings. The third kappa shape index (κ3) is 2.33. The molecule has 0 fully saturated rings. The maximum Gasteiger partial charge on any atom is 0.343 e. The fourth-order valence-electron chi connectivity index (χ4n) is 1.41. The van der Waals surface area contributed by atoms with Crippen LogP contribution in [0.25, 0.3) is 11.0 Å². The van der Waals surface area contributed by atoms with Crippen LogP contribution in [-0.4, -0.2) is 27.0 Å². The number of aromatic amines is 1. The standard InChI is InChI=1S/C11H10ClN3O3/c1-5(2)18-10(17)6-3-13-7-4-14-11(12)15-8(7)9(6)16/h3-5H,1-2H3,(H,13,16). The van der Waals surface area contributed by atoms with E-state index in [-0.39, 0.29) is 22.5 Å². The van der Waals surface area contributed by atoms with Crippen LogP contribution in [0.1, 0.15) is 24.2 Å². The van der Waals surface area contributed by atoms with Crippen molar-refractivity contribution >= 4 is 28.6 Å². The van der Waals surface area contributed by atoms with Crippen LogP contribution >= 0.6 is 11.6 Å². The average Bonchev–Trinajstić information content (AvgIpc) is 2.29. The first-order valence-corrected chi connectivity index (χ1v) is 5.61. The van der Waals surface area contributed by atoms with Crippen molar-refractivity contribution in [2.24, 2.45) is 0 Å². The van der Waals surface area contributed by atoms with Crippen LogP contribution in [-0.2, 0) is 4.74 Å². The number of carbonyl (C=O) groups is 1. The van der Waals surface area contributed by atoms with E-state index in [2.05, 4.69) is 15.0 Å². The number of rotatable bonds is 2. The lowest BCUT2D eigenvalue weighted by Crippen LogP contribution is -2.21. The molecule has 0 aliphatic carbocycles. The number of ether oxygens (including phenoxy) is 1. The lowest BCUT2D eigenvalue weighted by Gasteiger charge is -2.07. The molecule has 6 nitrogen and oxygen atoms in total. The van der Waals surface area contributed by atoms with Crippen LogP contribution < -0.4 is 5.43 Å². The van der Waals surface area contributed by atoms with E-state index in [0.717, 1.165) is 0 Å². The highest BCUT2D eigenvalue weighted by Gasteiger charge is 2.16. The van der Waals surface area contributed by atoms with Gasteiger partial charge in [0.1, 0.15) is 11.1 Å². The first kappa shape index (κ1) is 12.5. The van der Waals surface area contributed by atoms with E-state index in [1.165, 1.54) is 12.4 Å². The highest BCUT2D eigenvalue weighted by atomic mass is 35.5. The zero-order chi connectivity index (χ0) is 13.3. The second-order valence-corrected chi connectivity index (χ2v) is 4.22. The first-order chi connectivity index (χ1) is 8.49. The normalized spacial score (nSPS) is 10.9.